The first-order chi connectivity index (χ1) is 16.0. The highest BCUT2D eigenvalue weighted by atomic mass is 19.4. The second kappa shape index (κ2) is 10.2. The minimum Gasteiger partial charge on any atom is -0.351 e. The zero-order chi connectivity index (χ0) is 24.9. The Bertz CT molecular complexity index is 1100. The molecule has 2 N–H and O–H groups in total. The number of halogens is 3. The number of amides is 1. The Morgan fingerprint density at radius 3 is 2.62 bits per heavy atom. The van der Waals surface area contributed by atoms with Crippen molar-refractivity contribution in [3.05, 3.63) is 72.2 Å². The molecule has 2 unspecified atom stereocenters. The maximum Gasteiger partial charge on any atom is 0.419 e. The number of nitrogens with zero attached hydrogens (tertiary/aromatic N) is 3. The zero-order valence-corrected chi connectivity index (χ0v) is 19.2. The lowest BCUT2D eigenvalue weighted by Crippen LogP contribution is -2.51. The van der Waals surface area contributed by atoms with Gasteiger partial charge in [0, 0.05) is 29.6 Å². The number of aliphatic imine (C=N–C) groups is 1. The lowest BCUT2D eigenvalue weighted by molar-refractivity contribution is -0.138. The summed E-state index contributed by atoms with van der Waals surface area (Å²) >= 11 is 0. The van der Waals surface area contributed by atoms with Crippen LogP contribution in [0.1, 0.15) is 56.4 Å². The van der Waals surface area contributed by atoms with Gasteiger partial charge in [0.25, 0.3) is 5.91 Å². The Morgan fingerprint density at radius 2 is 1.97 bits per heavy atom. The molecule has 0 aliphatic heterocycles. The van der Waals surface area contributed by atoms with E-state index in [1.807, 2.05) is 6.92 Å². The molecule has 1 heterocycles. The van der Waals surface area contributed by atoms with Crippen molar-refractivity contribution in [3.63, 3.8) is 0 Å². The van der Waals surface area contributed by atoms with Gasteiger partial charge in [-0.15, -0.1) is 0 Å². The Morgan fingerprint density at radius 1 is 1.26 bits per heavy atom. The Kier molecular flexibility index (Phi) is 7.54. The highest BCUT2D eigenvalue weighted by Gasteiger charge is 2.37. The highest BCUT2D eigenvalue weighted by molar-refractivity contribution is 5.94. The Labute approximate surface area is 197 Å². The molecule has 0 bridgehead atoms. The summed E-state index contributed by atoms with van der Waals surface area (Å²) in [6.07, 6.45) is 0.530. The summed E-state index contributed by atoms with van der Waals surface area (Å²) in [6, 6.07) is 8.46. The fourth-order valence-corrected chi connectivity index (χ4v) is 4.13. The van der Waals surface area contributed by atoms with Crippen molar-refractivity contribution in [2.45, 2.75) is 57.3 Å². The quantitative estimate of drug-likeness (QED) is 0.419. The maximum absolute atomic E-state index is 13.7. The van der Waals surface area contributed by atoms with Crippen molar-refractivity contribution in [1.29, 1.82) is 0 Å². The van der Waals surface area contributed by atoms with E-state index in [1.165, 1.54) is 6.21 Å². The number of anilines is 1. The summed E-state index contributed by atoms with van der Waals surface area (Å²) in [4.78, 5) is 24.4. The number of rotatable bonds is 7. The molecular formula is C25H28F3N5O. The first kappa shape index (κ1) is 25.1. The number of aromatic nitrogens is 2. The van der Waals surface area contributed by atoms with Gasteiger partial charge < -0.3 is 10.6 Å². The van der Waals surface area contributed by atoms with Gasteiger partial charge in [-0.25, -0.2) is 9.97 Å². The fourth-order valence-electron chi connectivity index (χ4n) is 4.13. The summed E-state index contributed by atoms with van der Waals surface area (Å²) in [5, 5.41) is 6.13. The van der Waals surface area contributed by atoms with E-state index in [4.69, 9.17) is 0 Å². The first-order valence-electron chi connectivity index (χ1n) is 11.0. The number of hydrogen-bond donors (Lipinski definition) is 2. The van der Waals surface area contributed by atoms with Gasteiger partial charge in [0.2, 0.25) is 5.95 Å². The van der Waals surface area contributed by atoms with Crippen LogP contribution in [0, 0.1) is 0 Å². The lowest BCUT2D eigenvalue weighted by atomic mass is 9.80. The van der Waals surface area contributed by atoms with Crippen LogP contribution in [0.5, 0.6) is 0 Å². The standard InChI is InChI=1S/C25H28F3N5O/c1-5-29-17(3)22(34)33-24(4)13-9-12-19(14-24)31-23-30-15-20(25(26,27)28)21(32-23)16(2)18-10-7-6-8-11-18/h5-8,10-11,15,19H,2-3,9,12-14H2,1,4H3,(H,33,34)(H,30,31,32). The van der Waals surface area contributed by atoms with Crippen LogP contribution in [-0.2, 0) is 11.0 Å². The van der Waals surface area contributed by atoms with Crippen LogP contribution in [0.25, 0.3) is 5.57 Å². The van der Waals surface area contributed by atoms with Gasteiger partial charge in [-0.3, -0.25) is 9.79 Å². The normalized spacial score (nSPS) is 20.7. The van der Waals surface area contributed by atoms with E-state index in [-0.39, 0.29) is 34.9 Å². The van der Waals surface area contributed by atoms with E-state index >= 15 is 0 Å². The fraction of sp³-hybridized carbons (Fsp3) is 0.360. The van der Waals surface area contributed by atoms with Crippen LogP contribution in [0.3, 0.4) is 0 Å². The molecule has 1 fully saturated rings. The Balaban J connectivity index is 1.82. The molecule has 1 amide bonds. The number of hydrogen-bond acceptors (Lipinski definition) is 5. The van der Waals surface area contributed by atoms with Crippen molar-refractivity contribution in [1.82, 2.24) is 15.3 Å². The average Bonchev–Trinajstić information content (AvgIpc) is 2.78. The van der Waals surface area contributed by atoms with E-state index in [1.54, 1.807) is 37.3 Å². The number of carbonyl (C=O) groups is 1. The number of nitrogens with one attached hydrogen (secondary N) is 2. The summed E-state index contributed by atoms with van der Waals surface area (Å²) in [7, 11) is 0. The second-order valence-electron chi connectivity index (χ2n) is 8.58. The van der Waals surface area contributed by atoms with Crippen LogP contribution >= 0.6 is 0 Å². The summed E-state index contributed by atoms with van der Waals surface area (Å²) in [5.41, 5.74) is -0.912. The van der Waals surface area contributed by atoms with Gasteiger partial charge >= 0.3 is 6.18 Å². The molecule has 34 heavy (non-hydrogen) atoms. The SMILES string of the molecule is C=C(N=CC)C(=O)NC1(C)CCCC(Nc2ncc(C(F)(F)F)c(C(=C)c3ccccc3)n2)C1. The van der Waals surface area contributed by atoms with Crippen LogP contribution in [0.2, 0.25) is 0 Å². The maximum atomic E-state index is 13.7. The second-order valence-corrected chi connectivity index (χ2v) is 8.58. The van der Waals surface area contributed by atoms with Crippen molar-refractivity contribution < 1.29 is 18.0 Å². The summed E-state index contributed by atoms with van der Waals surface area (Å²) in [6.45, 7) is 11.1. The molecule has 3 rings (SSSR count). The molecule has 9 heteroatoms. The van der Waals surface area contributed by atoms with E-state index in [9.17, 15) is 18.0 Å². The third-order valence-corrected chi connectivity index (χ3v) is 5.78. The van der Waals surface area contributed by atoms with Crippen molar-refractivity contribution >= 4 is 23.6 Å². The molecule has 1 saturated carbocycles. The smallest absolute Gasteiger partial charge is 0.351 e. The average molecular weight is 472 g/mol. The summed E-state index contributed by atoms with van der Waals surface area (Å²) in [5.74, 6) is -0.269. The highest BCUT2D eigenvalue weighted by Crippen LogP contribution is 2.36. The molecule has 0 radical (unpaired) electrons. The monoisotopic (exact) mass is 471 g/mol. The molecule has 2 aromatic rings. The van der Waals surface area contributed by atoms with Crippen molar-refractivity contribution in [3.8, 4) is 0 Å². The van der Waals surface area contributed by atoms with Gasteiger partial charge in [-0.1, -0.05) is 43.5 Å². The minimum absolute atomic E-state index is 0.0839. The van der Waals surface area contributed by atoms with Crippen molar-refractivity contribution in [2.75, 3.05) is 5.32 Å². The topological polar surface area (TPSA) is 79.3 Å². The molecule has 1 aromatic carbocycles. The summed E-state index contributed by atoms with van der Waals surface area (Å²) < 4.78 is 41.0. The van der Waals surface area contributed by atoms with Gasteiger partial charge in [0.15, 0.2) is 0 Å². The predicted molar refractivity (Wildman–Crippen MR) is 127 cm³/mol. The lowest BCUT2D eigenvalue weighted by Gasteiger charge is -2.39. The molecule has 1 aliphatic rings. The van der Waals surface area contributed by atoms with Crippen LogP contribution < -0.4 is 10.6 Å². The molecule has 1 aliphatic carbocycles. The molecular weight excluding hydrogens is 443 g/mol. The molecule has 0 saturated heterocycles. The van der Waals surface area contributed by atoms with Crippen molar-refractivity contribution in [2.24, 2.45) is 4.99 Å². The molecule has 0 spiro atoms. The van der Waals surface area contributed by atoms with Crippen LogP contribution in [0.15, 0.2) is 60.4 Å². The predicted octanol–water partition coefficient (Wildman–Crippen LogP) is 5.39. The number of benzene rings is 1. The first-order valence-corrected chi connectivity index (χ1v) is 11.0. The molecule has 180 valence electrons. The van der Waals surface area contributed by atoms with Gasteiger partial charge in [0.05, 0.1) is 5.69 Å². The van der Waals surface area contributed by atoms with E-state index in [0.29, 0.717) is 12.0 Å². The minimum atomic E-state index is -4.62. The largest absolute Gasteiger partial charge is 0.419 e. The molecule has 2 atom stereocenters. The van der Waals surface area contributed by atoms with E-state index in [0.717, 1.165) is 25.5 Å². The van der Waals surface area contributed by atoms with E-state index in [2.05, 4.69) is 38.8 Å². The third-order valence-electron chi connectivity index (χ3n) is 5.78. The Hall–Kier alpha value is -3.49. The molecule has 6 nitrogen and oxygen atoms in total. The van der Waals surface area contributed by atoms with E-state index < -0.39 is 17.3 Å². The van der Waals surface area contributed by atoms with Gasteiger partial charge in [-0.05, 0) is 45.1 Å². The number of alkyl halides is 3. The van der Waals surface area contributed by atoms with Gasteiger partial charge in [-0.2, -0.15) is 13.2 Å². The van der Waals surface area contributed by atoms with Gasteiger partial charge in [0.1, 0.15) is 11.3 Å². The molecule has 1 aromatic heterocycles. The van der Waals surface area contributed by atoms with Crippen LogP contribution in [-0.4, -0.2) is 33.7 Å². The van der Waals surface area contributed by atoms with Crippen LogP contribution in [0.4, 0.5) is 19.1 Å². The zero-order valence-electron chi connectivity index (χ0n) is 19.2. The number of carbonyl (C=O) groups excluding carboxylic acids is 1. The third kappa shape index (κ3) is 6.09.